The zero-order chi connectivity index (χ0) is 39.0. The van der Waals surface area contributed by atoms with E-state index in [4.69, 9.17) is 28.4 Å². The summed E-state index contributed by atoms with van der Waals surface area (Å²) in [5.74, 6) is 0.0868. The molecule has 0 unspecified atom stereocenters. The van der Waals surface area contributed by atoms with Gasteiger partial charge in [-0.15, -0.1) is 0 Å². The summed E-state index contributed by atoms with van der Waals surface area (Å²) in [5.41, 5.74) is -0.236. The molecule has 0 amide bonds. The average Bonchev–Trinajstić information content (AvgIpc) is 3.73. The number of fused-ring (bicyclic) bond motifs is 4. The fourth-order valence-corrected chi connectivity index (χ4v) is 14.3. The molecule has 7 N–H and O–H groups in total. The first-order chi connectivity index (χ1) is 25.3. The molecule has 13 heteroatoms. The third-order valence-corrected chi connectivity index (χ3v) is 16.9. The number of ether oxygens (including phenoxy) is 6. The Hall–Kier alpha value is -0.780. The molecule has 4 saturated heterocycles. The second kappa shape index (κ2) is 13.4. The first kappa shape index (κ1) is 40.0. The zero-order valence-electron chi connectivity index (χ0n) is 33.1. The minimum absolute atomic E-state index is 0.0164. The normalized spacial score (nSPS) is 57.5. The van der Waals surface area contributed by atoms with Crippen molar-refractivity contribution in [1.82, 2.24) is 0 Å². The summed E-state index contributed by atoms with van der Waals surface area (Å²) >= 11 is 0. The number of rotatable bonds is 7. The minimum atomic E-state index is -1.56. The van der Waals surface area contributed by atoms with Gasteiger partial charge < -0.3 is 64.2 Å². The molecule has 4 heterocycles. The van der Waals surface area contributed by atoms with Gasteiger partial charge in [0, 0.05) is 23.7 Å². The zero-order valence-corrected chi connectivity index (χ0v) is 33.1. The van der Waals surface area contributed by atoms with Crippen molar-refractivity contribution < 1.29 is 64.2 Å². The predicted molar refractivity (Wildman–Crippen MR) is 192 cm³/mol. The second-order valence-electron chi connectivity index (χ2n) is 20.0. The molecule has 4 aliphatic carbocycles. The van der Waals surface area contributed by atoms with Crippen molar-refractivity contribution in [2.24, 2.45) is 51.2 Å². The molecule has 8 aliphatic rings. The summed E-state index contributed by atoms with van der Waals surface area (Å²) in [6.45, 7) is 15.7. The Labute approximate surface area is 319 Å². The maximum atomic E-state index is 12.3. The van der Waals surface area contributed by atoms with Crippen molar-refractivity contribution in [3.05, 3.63) is 11.6 Å². The van der Waals surface area contributed by atoms with Gasteiger partial charge in [0.05, 0.1) is 38.1 Å². The van der Waals surface area contributed by atoms with E-state index in [1.165, 1.54) is 5.57 Å². The lowest BCUT2D eigenvalue weighted by molar-refractivity contribution is -0.358. The average molecular weight is 767 g/mol. The molecular weight excluding hydrogens is 700 g/mol. The van der Waals surface area contributed by atoms with Crippen LogP contribution in [0.5, 0.6) is 0 Å². The van der Waals surface area contributed by atoms with E-state index in [9.17, 15) is 35.7 Å². The molecule has 8 rings (SSSR count). The van der Waals surface area contributed by atoms with Crippen LogP contribution in [0.25, 0.3) is 0 Å². The Morgan fingerprint density at radius 2 is 1.43 bits per heavy atom. The van der Waals surface area contributed by atoms with Gasteiger partial charge in [0.15, 0.2) is 18.4 Å². The first-order valence-electron chi connectivity index (χ1n) is 20.5. The highest BCUT2D eigenvalue weighted by molar-refractivity contribution is 5.27. The van der Waals surface area contributed by atoms with Crippen molar-refractivity contribution in [3.8, 4) is 0 Å². The van der Waals surface area contributed by atoms with Crippen LogP contribution >= 0.6 is 0 Å². The molecule has 0 radical (unpaired) electrons. The van der Waals surface area contributed by atoms with Crippen LogP contribution in [-0.4, -0.2) is 135 Å². The molecule has 2 bridgehead atoms. The van der Waals surface area contributed by atoms with Gasteiger partial charge >= 0.3 is 0 Å². The van der Waals surface area contributed by atoms with Gasteiger partial charge in [-0.25, -0.2) is 0 Å². The van der Waals surface area contributed by atoms with Crippen LogP contribution in [0.3, 0.4) is 0 Å². The largest absolute Gasteiger partial charge is 0.394 e. The van der Waals surface area contributed by atoms with Gasteiger partial charge in [0.2, 0.25) is 0 Å². The maximum Gasteiger partial charge on any atom is 0.187 e. The van der Waals surface area contributed by atoms with Crippen molar-refractivity contribution in [2.75, 3.05) is 26.4 Å². The van der Waals surface area contributed by atoms with Crippen LogP contribution < -0.4 is 0 Å². The Bertz CT molecular complexity index is 1450. The van der Waals surface area contributed by atoms with Gasteiger partial charge in [0.25, 0.3) is 0 Å². The van der Waals surface area contributed by atoms with Crippen molar-refractivity contribution >= 4 is 0 Å². The minimum Gasteiger partial charge on any atom is -0.394 e. The Balaban J connectivity index is 1.04. The molecule has 4 aliphatic heterocycles. The topological polar surface area (TPSA) is 197 Å². The van der Waals surface area contributed by atoms with Crippen molar-refractivity contribution in [3.63, 3.8) is 0 Å². The highest BCUT2D eigenvalue weighted by atomic mass is 16.8. The molecule has 20 atom stereocenters. The second-order valence-corrected chi connectivity index (χ2v) is 20.0. The van der Waals surface area contributed by atoms with Crippen molar-refractivity contribution in [1.29, 1.82) is 0 Å². The molecular formula is C41H66O13. The summed E-state index contributed by atoms with van der Waals surface area (Å²) in [6.07, 6.45) is -3.79. The smallest absolute Gasteiger partial charge is 0.187 e. The highest BCUT2D eigenvalue weighted by Gasteiger charge is 2.81. The number of allylic oxidation sites excluding steroid dienone is 1. The van der Waals surface area contributed by atoms with E-state index in [2.05, 4.69) is 47.6 Å². The Morgan fingerprint density at radius 1 is 0.759 bits per heavy atom. The monoisotopic (exact) mass is 766 g/mol. The van der Waals surface area contributed by atoms with Crippen molar-refractivity contribution in [2.45, 2.75) is 166 Å². The molecule has 13 nitrogen and oxygen atoms in total. The molecule has 54 heavy (non-hydrogen) atoms. The van der Waals surface area contributed by atoms with Gasteiger partial charge in [-0.3, -0.25) is 0 Å². The number of hydrogen-bond acceptors (Lipinski definition) is 13. The van der Waals surface area contributed by atoms with E-state index in [0.29, 0.717) is 31.5 Å². The lowest BCUT2D eigenvalue weighted by Crippen LogP contribution is -2.68. The summed E-state index contributed by atoms with van der Waals surface area (Å²) in [5, 5.41) is 75.0. The fraction of sp³-hybridized carbons (Fsp3) is 0.951. The predicted octanol–water partition coefficient (Wildman–Crippen LogP) is 2.00. The SMILES string of the molecule is CC(C)=C[C@@H]1CO[C@]23C[C@]4(CO2)[C@H](CC[C@@H]2[C@@]5(C)CC[C@H](O[C@@H]6O[C@H](CO)[C@@H](O)[C@H](O)[C@H]6O[C@@H]6O[C@@H](CO)[C@H](O)[C@H]6O)C(C)(C)[C@@H]5CC[C@]24C)[C@H]3[C@@]1(C)O. The molecule has 2 spiro atoms. The molecule has 8 fully saturated rings. The van der Waals surface area contributed by atoms with E-state index in [1.807, 2.05) is 6.92 Å². The number of aliphatic hydroxyl groups is 7. The van der Waals surface area contributed by atoms with E-state index in [1.54, 1.807) is 0 Å². The van der Waals surface area contributed by atoms with Gasteiger partial charge in [-0.05, 0) is 93.3 Å². The number of aliphatic hydroxyl groups excluding tert-OH is 6. The number of hydrogen-bond donors (Lipinski definition) is 7. The summed E-state index contributed by atoms with van der Waals surface area (Å²) in [6, 6.07) is 0. The summed E-state index contributed by atoms with van der Waals surface area (Å²) in [7, 11) is 0. The quantitative estimate of drug-likeness (QED) is 0.147. The summed E-state index contributed by atoms with van der Waals surface area (Å²) in [4.78, 5) is 0. The molecule has 0 aromatic carbocycles. The van der Waals surface area contributed by atoms with Crippen LogP contribution in [0.1, 0.15) is 93.4 Å². The fourth-order valence-electron chi connectivity index (χ4n) is 14.3. The standard InChI is InChI=1S/C41H66O13/c1-20(2)14-21-17-49-41-18-40(19-50-41)22(33(41)39(21,7)48)8-9-26-37(5)12-11-27(36(3,4)25(37)10-13-38(26,40)6)53-35-32(30(46)28(44)23(15-42)52-35)54-34-31(47)29(45)24(16-43)51-34/h14,21-35,42-48H,8-13,15-19H2,1-7H3/t21-,22-,23-,24+,25+,26-,27+,28-,29+,30+,31-,32-,33+,34+,35+,37+,38-,39+,40+,41-/m1/s1. The van der Waals surface area contributed by atoms with Crippen LogP contribution in [0.4, 0.5) is 0 Å². The molecule has 4 saturated carbocycles. The molecule has 0 aromatic rings. The maximum absolute atomic E-state index is 12.3. The lowest BCUT2D eigenvalue weighted by Gasteiger charge is -2.70. The molecule has 308 valence electrons. The summed E-state index contributed by atoms with van der Waals surface area (Å²) < 4.78 is 37.9. The Morgan fingerprint density at radius 3 is 2.09 bits per heavy atom. The Kier molecular flexibility index (Phi) is 9.91. The third-order valence-electron chi connectivity index (χ3n) is 16.9. The van der Waals surface area contributed by atoms with Crippen LogP contribution in [0.2, 0.25) is 0 Å². The lowest BCUT2D eigenvalue weighted by atomic mass is 9.35. The van der Waals surface area contributed by atoms with Gasteiger partial charge in [0.1, 0.15) is 42.7 Å². The van der Waals surface area contributed by atoms with Gasteiger partial charge in [-0.1, -0.05) is 39.3 Å². The first-order valence-corrected chi connectivity index (χ1v) is 20.5. The van der Waals surface area contributed by atoms with Crippen LogP contribution in [-0.2, 0) is 28.4 Å². The third kappa shape index (κ3) is 5.43. The van der Waals surface area contributed by atoms with Crippen LogP contribution in [0, 0.1) is 51.2 Å². The molecule has 0 aromatic heterocycles. The van der Waals surface area contributed by atoms with E-state index in [0.717, 1.165) is 38.5 Å². The van der Waals surface area contributed by atoms with Crippen LogP contribution in [0.15, 0.2) is 11.6 Å². The highest BCUT2D eigenvalue weighted by Crippen LogP contribution is 2.80. The van der Waals surface area contributed by atoms with E-state index in [-0.39, 0.29) is 45.5 Å². The van der Waals surface area contributed by atoms with Gasteiger partial charge in [-0.2, -0.15) is 0 Å². The van der Waals surface area contributed by atoms with E-state index >= 15 is 0 Å². The van der Waals surface area contributed by atoms with E-state index < -0.39 is 79.9 Å².